The zero-order chi connectivity index (χ0) is 19.3. The summed E-state index contributed by atoms with van der Waals surface area (Å²) in [5, 5.41) is 3.86. The highest BCUT2D eigenvalue weighted by molar-refractivity contribution is 5.43. The first-order valence-electron chi connectivity index (χ1n) is 12.4. The van der Waals surface area contributed by atoms with Crippen LogP contribution in [0, 0.1) is 46.8 Å². The Morgan fingerprint density at radius 2 is 1.68 bits per heavy atom. The van der Waals surface area contributed by atoms with Gasteiger partial charge >= 0.3 is 0 Å². The molecule has 28 heavy (non-hydrogen) atoms. The van der Waals surface area contributed by atoms with Crippen molar-refractivity contribution in [1.82, 2.24) is 0 Å². The third-order valence-corrected chi connectivity index (χ3v) is 10.1. The summed E-state index contributed by atoms with van der Waals surface area (Å²) < 4.78 is 0. The van der Waals surface area contributed by atoms with E-state index in [9.17, 15) is 0 Å². The molecule has 0 bridgehead atoms. The van der Waals surface area contributed by atoms with Gasteiger partial charge in [-0.25, -0.2) is 0 Å². The van der Waals surface area contributed by atoms with Gasteiger partial charge in [0.25, 0.3) is 0 Å². The number of nitrogens with one attached hydrogen (secondary N) is 1. The topological polar surface area (TPSA) is 12.0 Å². The SMILES string of the molecule is C[C@H]1CC[C@@H]2C3CC[C@@]4(C)C(CCC4[C@@H](C)Nc4ccccc4)[C@@H]3CC[C@@H]2C1. The molecular formula is C27H41N. The second kappa shape index (κ2) is 7.37. The summed E-state index contributed by atoms with van der Waals surface area (Å²) in [6.45, 7) is 7.64. The summed E-state index contributed by atoms with van der Waals surface area (Å²) in [7, 11) is 0. The fraction of sp³-hybridized carbons (Fsp3) is 0.778. The predicted molar refractivity (Wildman–Crippen MR) is 119 cm³/mol. The number of hydrogen-bond acceptors (Lipinski definition) is 1. The van der Waals surface area contributed by atoms with Crippen molar-refractivity contribution in [3.63, 3.8) is 0 Å². The minimum atomic E-state index is 0.567. The van der Waals surface area contributed by atoms with Gasteiger partial charge in [-0.05, 0) is 117 Å². The monoisotopic (exact) mass is 379 g/mol. The molecule has 154 valence electrons. The molecule has 0 spiro atoms. The molecule has 0 radical (unpaired) electrons. The van der Waals surface area contributed by atoms with E-state index in [-0.39, 0.29) is 0 Å². The van der Waals surface area contributed by atoms with Crippen molar-refractivity contribution in [2.24, 2.45) is 46.8 Å². The molecule has 1 aromatic rings. The lowest BCUT2D eigenvalue weighted by atomic mass is 9.49. The number of benzene rings is 1. The number of anilines is 1. The summed E-state index contributed by atoms with van der Waals surface area (Å²) in [5.41, 5.74) is 1.87. The lowest BCUT2D eigenvalue weighted by Crippen LogP contribution is -2.50. The maximum atomic E-state index is 3.86. The largest absolute Gasteiger partial charge is 0.382 e. The summed E-state index contributed by atoms with van der Waals surface area (Å²) in [4.78, 5) is 0. The molecule has 4 aliphatic carbocycles. The molecule has 0 aliphatic heterocycles. The van der Waals surface area contributed by atoms with Crippen LogP contribution in [0.5, 0.6) is 0 Å². The zero-order valence-electron chi connectivity index (χ0n) is 18.4. The fourth-order valence-electron chi connectivity index (χ4n) is 8.85. The van der Waals surface area contributed by atoms with Crippen LogP contribution in [0.25, 0.3) is 0 Å². The standard InChI is InChI=1S/C27H41N/c1-18-9-11-22-20(17-18)10-12-24-23(22)15-16-27(3)25(13-14-26(24)27)19(2)28-21-7-5-4-6-8-21/h4-8,18-20,22-26,28H,9-17H2,1-3H3/t18-,19+,20+,22-,23?,24+,25?,26?,27+/m0/s1. The average molecular weight is 380 g/mol. The Labute approximate surface area is 173 Å². The van der Waals surface area contributed by atoms with E-state index in [0.717, 1.165) is 41.4 Å². The van der Waals surface area contributed by atoms with E-state index in [0.29, 0.717) is 11.5 Å². The molecule has 1 heteroatoms. The van der Waals surface area contributed by atoms with Crippen LogP contribution in [-0.4, -0.2) is 6.04 Å². The average Bonchev–Trinajstić information content (AvgIpc) is 3.05. The van der Waals surface area contributed by atoms with Crippen molar-refractivity contribution in [1.29, 1.82) is 0 Å². The minimum absolute atomic E-state index is 0.567. The molecule has 4 saturated carbocycles. The van der Waals surface area contributed by atoms with Gasteiger partial charge in [0.15, 0.2) is 0 Å². The van der Waals surface area contributed by atoms with Gasteiger partial charge in [0, 0.05) is 11.7 Å². The number of hydrogen-bond donors (Lipinski definition) is 1. The summed E-state index contributed by atoms with van der Waals surface area (Å²) in [6, 6.07) is 11.5. The third kappa shape index (κ3) is 3.12. The van der Waals surface area contributed by atoms with Crippen molar-refractivity contribution in [2.45, 2.75) is 84.6 Å². The molecular weight excluding hydrogens is 338 g/mol. The lowest BCUT2D eigenvalue weighted by Gasteiger charge is -2.56. The van der Waals surface area contributed by atoms with Crippen LogP contribution < -0.4 is 5.32 Å². The predicted octanol–water partition coefficient (Wildman–Crippen LogP) is 7.39. The summed E-state index contributed by atoms with van der Waals surface area (Å²) >= 11 is 0. The van der Waals surface area contributed by atoms with Crippen molar-refractivity contribution < 1.29 is 0 Å². The van der Waals surface area contributed by atoms with E-state index in [4.69, 9.17) is 0 Å². The smallest absolute Gasteiger partial charge is 0.0342 e. The van der Waals surface area contributed by atoms with Gasteiger partial charge in [0.2, 0.25) is 0 Å². The van der Waals surface area contributed by atoms with Crippen molar-refractivity contribution >= 4 is 5.69 Å². The Morgan fingerprint density at radius 1 is 0.893 bits per heavy atom. The van der Waals surface area contributed by atoms with E-state index < -0.39 is 0 Å². The summed E-state index contributed by atoms with van der Waals surface area (Å²) in [6.07, 6.45) is 13.6. The Hall–Kier alpha value is -0.980. The fourth-order valence-corrected chi connectivity index (χ4v) is 8.85. The Morgan fingerprint density at radius 3 is 2.50 bits per heavy atom. The molecule has 1 N–H and O–H groups in total. The Balaban J connectivity index is 1.31. The van der Waals surface area contributed by atoms with Crippen LogP contribution in [0.2, 0.25) is 0 Å². The maximum absolute atomic E-state index is 3.86. The highest BCUT2D eigenvalue weighted by Gasteiger charge is 2.57. The van der Waals surface area contributed by atoms with Crippen molar-refractivity contribution in [3.05, 3.63) is 30.3 Å². The van der Waals surface area contributed by atoms with Crippen molar-refractivity contribution in [3.8, 4) is 0 Å². The van der Waals surface area contributed by atoms with Crippen LogP contribution in [0.4, 0.5) is 5.69 Å². The molecule has 0 heterocycles. The Bertz CT molecular complexity index is 668. The molecule has 1 nitrogen and oxygen atoms in total. The van der Waals surface area contributed by atoms with Crippen LogP contribution >= 0.6 is 0 Å². The van der Waals surface area contributed by atoms with E-state index >= 15 is 0 Å². The normalized spacial score (nSPS) is 46.2. The maximum Gasteiger partial charge on any atom is 0.0342 e. The van der Waals surface area contributed by atoms with Gasteiger partial charge in [-0.1, -0.05) is 38.5 Å². The second-order valence-corrected chi connectivity index (χ2v) is 11.4. The van der Waals surface area contributed by atoms with E-state index in [1.54, 1.807) is 19.3 Å². The quantitative estimate of drug-likeness (QED) is 0.577. The van der Waals surface area contributed by atoms with E-state index in [1.165, 1.54) is 44.2 Å². The van der Waals surface area contributed by atoms with Crippen LogP contribution in [0.3, 0.4) is 0 Å². The van der Waals surface area contributed by atoms with Gasteiger partial charge in [-0.3, -0.25) is 0 Å². The van der Waals surface area contributed by atoms with Crippen LogP contribution in [0.15, 0.2) is 30.3 Å². The highest BCUT2D eigenvalue weighted by Crippen LogP contribution is 2.65. The van der Waals surface area contributed by atoms with Gasteiger partial charge in [0.1, 0.15) is 0 Å². The number of rotatable bonds is 3. The zero-order valence-corrected chi connectivity index (χ0v) is 18.4. The molecule has 3 unspecified atom stereocenters. The van der Waals surface area contributed by atoms with Crippen LogP contribution in [0.1, 0.15) is 78.6 Å². The van der Waals surface area contributed by atoms with Gasteiger partial charge in [-0.15, -0.1) is 0 Å². The first-order valence-corrected chi connectivity index (χ1v) is 12.4. The first-order chi connectivity index (χ1) is 13.6. The highest BCUT2D eigenvalue weighted by atomic mass is 14.9. The molecule has 9 atom stereocenters. The number of para-hydroxylation sites is 1. The van der Waals surface area contributed by atoms with Crippen molar-refractivity contribution in [2.75, 3.05) is 5.32 Å². The minimum Gasteiger partial charge on any atom is -0.382 e. The summed E-state index contributed by atoms with van der Waals surface area (Å²) in [5.74, 6) is 7.10. The van der Waals surface area contributed by atoms with E-state index in [1.807, 2.05) is 0 Å². The van der Waals surface area contributed by atoms with Crippen LogP contribution in [-0.2, 0) is 0 Å². The lowest BCUT2D eigenvalue weighted by molar-refractivity contribution is -0.0683. The third-order valence-electron chi connectivity index (χ3n) is 10.1. The molecule has 1 aromatic carbocycles. The van der Waals surface area contributed by atoms with Gasteiger partial charge in [-0.2, -0.15) is 0 Å². The molecule has 5 rings (SSSR count). The van der Waals surface area contributed by atoms with Gasteiger partial charge < -0.3 is 5.32 Å². The second-order valence-electron chi connectivity index (χ2n) is 11.4. The Kier molecular flexibility index (Phi) is 5.00. The van der Waals surface area contributed by atoms with Gasteiger partial charge in [0.05, 0.1) is 0 Å². The first kappa shape index (κ1) is 19.0. The molecule has 0 amide bonds. The number of fused-ring (bicyclic) bond motifs is 5. The molecule has 0 saturated heterocycles. The molecule has 4 fully saturated rings. The molecule has 0 aromatic heterocycles. The van der Waals surface area contributed by atoms with E-state index in [2.05, 4.69) is 56.4 Å². The molecule has 4 aliphatic rings.